The van der Waals surface area contributed by atoms with E-state index in [4.69, 9.17) is 9.47 Å². The summed E-state index contributed by atoms with van der Waals surface area (Å²) in [5.41, 5.74) is 0.621. The molecule has 0 radical (unpaired) electrons. The zero-order valence-corrected chi connectivity index (χ0v) is 16.2. The number of benzene rings is 1. The summed E-state index contributed by atoms with van der Waals surface area (Å²) < 4.78 is 11.4. The predicted molar refractivity (Wildman–Crippen MR) is 99.4 cm³/mol. The van der Waals surface area contributed by atoms with Crippen molar-refractivity contribution < 1.29 is 14.3 Å². The van der Waals surface area contributed by atoms with Gasteiger partial charge in [-0.05, 0) is 60.0 Å². The largest absolute Gasteiger partial charge is 0.493 e. The third-order valence-corrected chi connectivity index (χ3v) is 5.07. The summed E-state index contributed by atoms with van der Waals surface area (Å²) in [4.78, 5) is 14.8. The molecule has 1 amide bonds. The number of hydrogen-bond acceptors (Lipinski definition) is 4. The van der Waals surface area contributed by atoms with E-state index in [9.17, 15) is 4.79 Å². The molecule has 1 aromatic carbocycles. The third-order valence-electron chi connectivity index (χ3n) is 4.17. The minimum atomic E-state index is -0.0691. The van der Waals surface area contributed by atoms with Gasteiger partial charge in [-0.2, -0.15) is 0 Å². The maximum atomic E-state index is 12.4. The predicted octanol–water partition coefficient (Wildman–Crippen LogP) is 2.77. The van der Waals surface area contributed by atoms with Crippen LogP contribution in [0.1, 0.15) is 30.1 Å². The Morgan fingerprint density at radius 1 is 1.35 bits per heavy atom. The van der Waals surface area contributed by atoms with E-state index in [0.29, 0.717) is 23.6 Å². The quantitative estimate of drug-likeness (QED) is 0.703. The Morgan fingerprint density at radius 3 is 2.70 bits per heavy atom. The number of rotatable bonds is 6. The minimum Gasteiger partial charge on any atom is -0.493 e. The van der Waals surface area contributed by atoms with Gasteiger partial charge in [0.1, 0.15) is 0 Å². The van der Waals surface area contributed by atoms with Crippen molar-refractivity contribution in [2.45, 2.75) is 19.8 Å². The van der Waals surface area contributed by atoms with Crippen LogP contribution in [0.4, 0.5) is 0 Å². The van der Waals surface area contributed by atoms with E-state index >= 15 is 0 Å². The highest BCUT2D eigenvalue weighted by Crippen LogP contribution is 2.31. The Hall–Kier alpha value is -1.02. The second kappa shape index (κ2) is 8.73. The molecule has 1 atom stereocenters. The molecular formula is C17H25IN2O3. The second-order valence-corrected chi connectivity index (χ2v) is 7.15. The average Bonchev–Trinajstić information content (AvgIpc) is 2.54. The van der Waals surface area contributed by atoms with Crippen molar-refractivity contribution in [2.24, 2.45) is 5.92 Å². The number of nitrogens with one attached hydrogen (secondary N) is 1. The molecule has 1 fully saturated rings. The van der Waals surface area contributed by atoms with E-state index in [-0.39, 0.29) is 5.91 Å². The fourth-order valence-corrected chi connectivity index (χ4v) is 3.62. The first-order valence-corrected chi connectivity index (χ1v) is 9.05. The normalized spacial score (nSPS) is 18.5. The molecule has 2 rings (SSSR count). The minimum absolute atomic E-state index is 0.0691. The first-order valence-electron chi connectivity index (χ1n) is 7.97. The number of nitrogens with zero attached hydrogens (tertiary/aromatic N) is 1. The van der Waals surface area contributed by atoms with E-state index in [1.54, 1.807) is 20.3 Å². The lowest BCUT2D eigenvalue weighted by atomic mass is 10.0. The number of carbonyl (C=O) groups is 1. The second-order valence-electron chi connectivity index (χ2n) is 5.99. The molecular weight excluding hydrogens is 407 g/mol. The van der Waals surface area contributed by atoms with Gasteiger partial charge in [0.05, 0.1) is 19.8 Å². The monoisotopic (exact) mass is 432 g/mol. The smallest absolute Gasteiger partial charge is 0.252 e. The maximum Gasteiger partial charge on any atom is 0.252 e. The van der Waals surface area contributed by atoms with Gasteiger partial charge in [0.25, 0.3) is 5.91 Å². The fourth-order valence-electron chi connectivity index (χ4n) is 2.94. The zero-order valence-electron chi connectivity index (χ0n) is 14.0. The van der Waals surface area contributed by atoms with Crippen LogP contribution in [-0.2, 0) is 0 Å². The summed E-state index contributed by atoms with van der Waals surface area (Å²) >= 11 is 2.15. The van der Waals surface area contributed by atoms with Crippen LogP contribution in [0.25, 0.3) is 0 Å². The maximum absolute atomic E-state index is 12.4. The van der Waals surface area contributed by atoms with E-state index in [2.05, 4.69) is 39.7 Å². The van der Waals surface area contributed by atoms with Gasteiger partial charge in [-0.25, -0.2) is 0 Å². The molecule has 0 aromatic heterocycles. The van der Waals surface area contributed by atoms with Gasteiger partial charge in [0.2, 0.25) is 0 Å². The topological polar surface area (TPSA) is 50.8 Å². The standard InChI is InChI=1S/C17H25IN2O3/c1-12-5-4-7-20(11-12)8-6-19-17(21)13-9-15(22-2)16(23-3)10-14(13)18/h9-10,12H,4-8,11H2,1-3H3,(H,19,21). The van der Waals surface area contributed by atoms with Gasteiger partial charge in [-0.3, -0.25) is 4.79 Å². The van der Waals surface area contributed by atoms with Crippen LogP contribution < -0.4 is 14.8 Å². The van der Waals surface area contributed by atoms with Crippen molar-refractivity contribution >= 4 is 28.5 Å². The zero-order chi connectivity index (χ0) is 16.8. The van der Waals surface area contributed by atoms with Crippen LogP contribution in [0.2, 0.25) is 0 Å². The molecule has 0 bridgehead atoms. The number of amides is 1. The number of ether oxygens (including phenoxy) is 2. The number of halogens is 1. The molecule has 0 spiro atoms. The van der Waals surface area contributed by atoms with Gasteiger partial charge in [0, 0.05) is 23.2 Å². The number of hydrogen-bond donors (Lipinski definition) is 1. The van der Waals surface area contributed by atoms with Crippen LogP contribution in [0.3, 0.4) is 0 Å². The highest BCUT2D eigenvalue weighted by molar-refractivity contribution is 14.1. The fraction of sp³-hybridized carbons (Fsp3) is 0.588. The van der Waals surface area contributed by atoms with Crippen molar-refractivity contribution in [1.29, 1.82) is 0 Å². The van der Waals surface area contributed by atoms with E-state index in [1.807, 2.05) is 6.07 Å². The highest BCUT2D eigenvalue weighted by atomic mass is 127. The summed E-state index contributed by atoms with van der Waals surface area (Å²) in [6, 6.07) is 3.56. The average molecular weight is 432 g/mol. The highest BCUT2D eigenvalue weighted by Gasteiger charge is 2.18. The van der Waals surface area contributed by atoms with Crippen LogP contribution >= 0.6 is 22.6 Å². The molecule has 6 heteroatoms. The van der Waals surface area contributed by atoms with Crippen molar-refractivity contribution in [1.82, 2.24) is 10.2 Å². The Balaban J connectivity index is 1.92. The Morgan fingerprint density at radius 2 is 2.04 bits per heavy atom. The summed E-state index contributed by atoms with van der Waals surface area (Å²) in [5.74, 6) is 1.89. The van der Waals surface area contributed by atoms with E-state index in [1.165, 1.54) is 12.8 Å². The van der Waals surface area contributed by atoms with Crippen molar-refractivity contribution in [2.75, 3.05) is 40.4 Å². The molecule has 1 aliphatic rings. The van der Waals surface area contributed by atoms with Crippen molar-refractivity contribution in [3.63, 3.8) is 0 Å². The lowest BCUT2D eigenvalue weighted by Gasteiger charge is -2.30. The van der Waals surface area contributed by atoms with Crippen LogP contribution in [0, 0.1) is 9.49 Å². The Kier molecular flexibility index (Phi) is 6.95. The number of piperidine rings is 1. The molecule has 5 nitrogen and oxygen atoms in total. The van der Waals surface area contributed by atoms with Gasteiger partial charge >= 0.3 is 0 Å². The molecule has 1 heterocycles. The molecule has 1 aliphatic heterocycles. The van der Waals surface area contributed by atoms with Crippen molar-refractivity contribution in [3.8, 4) is 11.5 Å². The molecule has 23 heavy (non-hydrogen) atoms. The molecule has 1 unspecified atom stereocenters. The summed E-state index contributed by atoms with van der Waals surface area (Å²) in [6.07, 6.45) is 2.56. The first-order chi connectivity index (χ1) is 11.0. The van der Waals surface area contributed by atoms with E-state index < -0.39 is 0 Å². The summed E-state index contributed by atoms with van der Waals surface area (Å²) in [7, 11) is 3.16. The molecule has 1 aromatic rings. The lowest BCUT2D eigenvalue weighted by molar-refractivity contribution is 0.0942. The molecule has 0 saturated carbocycles. The Bertz CT molecular complexity index is 551. The lowest BCUT2D eigenvalue weighted by Crippen LogP contribution is -2.40. The Labute approximate surface area is 151 Å². The first kappa shape index (κ1) is 18.3. The molecule has 128 valence electrons. The summed E-state index contributed by atoms with van der Waals surface area (Å²) in [5, 5.41) is 3.01. The molecule has 0 aliphatic carbocycles. The van der Waals surface area contributed by atoms with Gasteiger partial charge < -0.3 is 19.7 Å². The van der Waals surface area contributed by atoms with Gasteiger partial charge in [-0.15, -0.1) is 0 Å². The number of likely N-dealkylation sites (tertiary alicyclic amines) is 1. The van der Waals surface area contributed by atoms with Gasteiger partial charge in [-0.1, -0.05) is 6.92 Å². The number of carbonyl (C=O) groups excluding carboxylic acids is 1. The molecule has 1 N–H and O–H groups in total. The van der Waals surface area contributed by atoms with Crippen molar-refractivity contribution in [3.05, 3.63) is 21.3 Å². The SMILES string of the molecule is COc1cc(I)c(C(=O)NCCN2CCCC(C)C2)cc1OC. The van der Waals surface area contributed by atoms with E-state index in [0.717, 1.165) is 29.1 Å². The number of methoxy groups -OCH3 is 2. The molecule has 1 saturated heterocycles. The van der Waals surface area contributed by atoms with Crippen LogP contribution in [0.15, 0.2) is 12.1 Å². The van der Waals surface area contributed by atoms with Crippen LogP contribution in [-0.4, -0.2) is 51.2 Å². The summed E-state index contributed by atoms with van der Waals surface area (Å²) in [6.45, 7) is 6.12. The van der Waals surface area contributed by atoms with Crippen LogP contribution in [0.5, 0.6) is 11.5 Å². The van der Waals surface area contributed by atoms with Gasteiger partial charge in [0.15, 0.2) is 11.5 Å². The third kappa shape index (κ3) is 4.97.